The number of anilines is 2. The maximum Gasteiger partial charge on any atom is 0.306 e. The summed E-state index contributed by atoms with van der Waals surface area (Å²) in [7, 11) is 0. The van der Waals surface area contributed by atoms with Gasteiger partial charge in [0.05, 0.1) is 11.4 Å². The van der Waals surface area contributed by atoms with Gasteiger partial charge in [-0.15, -0.1) is 0 Å². The topological polar surface area (TPSA) is 84.5 Å². The van der Waals surface area contributed by atoms with E-state index in [1.165, 1.54) is 24.3 Å². The van der Waals surface area contributed by atoms with Crippen molar-refractivity contribution in [2.75, 3.05) is 17.2 Å². The molecule has 0 saturated heterocycles. The number of ether oxygens (including phenoxy) is 1. The van der Waals surface area contributed by atoms with Crippen molar-refractivity contribution in [2.24, 2.45) is 0 Å². The Labute approximate surface area is 174 Å². The quantitative estimate of drug-likeness (QED) is 0.584. The molecule has 28 heavy (non-hydrogen) atoms. The number of carbonyl (C=O) groups excluding carboxylic acids is 3. The second-order valence-corrected chi connectivity index (χ2v) is 7.03. The second kappa shape index (κ2) is 10.2. The van der Waals surface area contributed by atoms with E-state index >= 15 is 0 Å². The van der Waals surface area contributed by atoms with Crippen molar-refractivity contribution in [1.82, 2.24) is 0 Å². The first-order valence-corrected chi connectivity index (χ1v) is 9.39. The van der Waals surface area contributed by atoms with Gasteiger partial charge < -0.3 is 15.4 Å². The van der Waals surface area contributed by atoms with Crippen LogP contribution in [0.15, 0.2) is 40.9 Å². The van der Waals surface area contributed by atoms with Crippen molar-refractivity contribution in [3.8, 4) is 0 Å². The van der Waals surface area contributed by atoms with Crippen LogP contribution in [0.3, 0.4) is 0 Å². The molecule has 0 atom stereocenters. The molecule has 0 unspecified atom stereocenters. The first-order valence-electron chi connectivity index (χ1n) is 8.21. The van der Waals surface area contributed by atoms with Crippen molar-refractivity contribution < 1.29 is 23.5 Å². The van der Waals surface area contributed by atoms with Crippen molar-refractivity contribution in [1.29, 1.82) is 0 Å². The smallest absolute Gasteiger partial charge is 0.306 e. The number of hydrogen-bond acceptors (Lipinski definition) is 4. The molecule has 9 heteroatoms. The minimum atomic E-state index is -0.685. The number of rotatable bonds is 7. The van der Waals surface area contributed by atoms with Crippen LogP contribution in [0.2, 0.25) is 5.02 Å². The van der Waals surface area contributed by atoms with Gasteiger partial charge in [-0.1, -0.05) is 11.6 Å². The molecule has 0 bridgehead atoms. The van der Waals surface area contributed by atoms with Crippen molar-refractivity contribution >= 4 is 56.7 Å². The molecule has 0 spiro atoms. The third-order valence-electron chi connectivity index (χ3n) is 3.66. The summed E-state index contributed by atoms with van der Waals surface area (Å²) < 4.78 is 18.4. The van der Waals surface area contributed by atoms with Crippen LogP contribution in [0.1, 0.15) is 18.4 Å². The van der Waals surface area contributed by atoms with Crippen molar-refractivity contribution in [3.63, 3.8) is 0 Å². The minimum absolute atomic E-state index is 0.126. The number of amides is 2. The largest absolute Gasteiger partial charge is 0.456 e. The van der Waals surface area contributed by atoms with Gasteiger partial charge in [0, 0.05) is 22.3 Å². The molecular formula is C19H17BrClFN2O4. The summed E-state index contributed by atoms with van der Waals surface area (Å²) in [6.07, 6.45) is -0.317. The summed E-state index contributed by atoms with van der Waals surface area (Å²) in [5.41, 5.74) is 1.60. The summed E-state index contributed by atoms with van der Waals surface area (Å²) in [5, 5.41) is 5.61. The Kier molecular flexibility index (Phi) is 7.95. The number of carbonyl (C=O) groups is 3. The average molecular weight is 472 g/mol. The Hall–Kier alpha value is -2.45. The fourth-order valence-electron chi connectivity index (χ4n) is 2.16. The van der Waals surface area contributed by atoms with Crippen LogP contribution >= 0.6 is 27.5 Å². The Morgan fingerprint density at radius 2 is 1.71 bits per heavy atom. The van der Waals surface area contributed by atoms with Gasteiger partial charge in [-0.25, -0.2) is 4.39 Å². The molecule has 0 saturated carbocycles. The lowest BCUT2D eigenvalue weighted by Gasteiger charge is -2.11. The predicted molar refractivity (Wildman–Crippen MR) is 108 cm³/mol. The second-order valence-electron chi connectivity index (χ2n) is 5.80. The van der Waals surface area contributed by atoms with Gasteiger partial charge >= 0.3 is 5.97 Å². The highest BCUT2D eigenvalue weighted by Gasteiger charge is 2.13. The molecular weight excluding hydrogens is 455 g/mol. The molecule has 0 heterocycles. The summed E-state index contributed by atoms with van der Waals surface area (Å²) in [4.78, 5) is 35.4. The number of esters is 1. The van der Waals surface area contributed by atoms with Crippen LogP contribution in [0, 0.1) is 12.7 Å². The van der Waals surface area contributed by atoms with Gasteiger partial charge in [0.2, 0.25) is 5.91 Å². The predicted octanol–water partition coefficient (Wildman–Crippen LogP) is 4.45. The van der Waals surface area contributed by atoms with Crippen molar-refractivity contribution in [2.45, 2.75) is 19.8 Å². The summed E-state index contributed by atoms with van der Waals surface area (Å²) in [5.74, 6) is -2.05. The lowest BCUT2D eigenvalue weighted by molar-refractivity contribution is -0.147. The Bertz CT molecular complexity index is 890. The average Bonchev–Trinajstić information content (AvgIpc) is 2.67. The Morgan fingerprint density at radius 3 is 2.39 bits per heavy atom. The van der Waals surface area contributed by atoms with Crippen LogP contribution in [-0.4, -0.2) is 24.4 Å². The molecule has 148 valence electrons. The van der Waals surface area contributed by atoms with Crippen LogP contribution in [0.5, 0.6) is 0 Å². The third-order valence-corrected chi connectivity index (χ3v) is 5.04. The lowest BCUT2D eigenvalue weighted by Crippen LogP contribution is -2.22. The van der Waals surface area contributed by atoms with E-state index in [4.69, 9.17) is 16.3 Å². The lowest BCUT2D eigenvalue weighted by atomic mass is 10.2. The van der Waals surface area contributed by atoms with E-state index in [1.807, 2.05) is 0 Å². The highest BCUT2D eigenvalue weighted by atomic mass is 79.9. The fraction of sp³-hybridized carbons (Fsp3) is 0.211. The summed E-state index contributed by atoms with van der Waals surface area (Å²) in [6.45, 7) is 1.26. The minimum Gasteiger partial charge on any atom is -0.456 e. The van der Waals surface area contributed by atoms with E-state index < -0.39 is 30.2 Å². The first-order chi connectivity index (χ1) is 13.3. The molecule has 2 amide bonds. The maximum atomic E-state index is 12.8. The zero-order valence-electron chi connectivity index (χ0n) is 14.9. The molecule has 2 aromatic carbocycles. The highest BCUT2D eigenvalue weighted by molar-refractivity contribution is 9.10. The van der Waals surface area contributed by atoms with E-state index in [-0.39, 0.29) is 12.8 Å². The molecule has 0 aliphatic carbocycles. The van der Waals surface area contributed by atoms with E-state index in [0.29, 0.717) is 26.4 Å². The maximum absolute atomic E-state index is 12.8. The normalized spacial score (nSPS) is 10.3. The van der Waals surface area contributed by atoms with E-state index in [0.717, 1.165) is 0 Å². The third kappa shape index (κ3) is 6.61. The molecule has 2 N–H and O–H groups in total. The summed E-state index contributed by atoms with van der Waals surface area (Å²) in [6, 6.07) is 8.60. The standard InChI is InChI=1S/C19H17BrClFN2O4/c1-11-15(7-6-14(20)19(11)21)24-17(26)10-28-18(27)9-8-16(25)23-13-4-2-12(22)3-5-13/h2-7H,8-10H2,1H3,(H,23,25)(H,24,26). The molecule has 6 nitrogen and oxygen atoms in total. The summed E-state index contributed by atoms with van der Waals surface area (Å²) >= 11 is 9.38. The Morgan fingerprint density at radius 1 is 1.04 bits per heavy atom. The van der Waals surface area contributed by atoms with Gasteiger partial charge in [-0.2, -0.15) is 0 Å². The molecule has 0 aliphatic heterocycles. The molecule has 0 fully saturated rings. The van der Waals surface area contributed by atoms with Gasteiger partial charge in [0.25, 0.3) is 5.91 Å². The van der Waals surface area contributed by atoms with Gasteiger partial charge in [-0.05, 0) is 64.8 Å². The first kappa shape index (κ1) is 21.8. The Balaban J connectivity index is 1.73. The molecule has 2 rings (SSSR count). The van der Waals surface area contributed by atoms with E-state index in [9.17, 15) is 18.8 Å². The zero-order valence-corrected chi connectivity index (χ0v) is 17.2. The van der Waals surface area contributed by atoms with Gasteiger partial charge in [0.1, 0.15) is 5.82 Å². The van der Waals surface area contributed by atoms with Crippen LogP contribution in [-0.2, 0) is 19.1 Å². The number of hydrogen-bond donors (Lipinski definition) is 2. The molecule has 0 aliphatic rings. The van der Waals surface area contributed by atoms with Gasteiger partial charge in [-0.3, -0.25) is 14.4 Å². The fourth-order valence-corrected chi connectivity index (χ4v) is 2.76. The van der Waals surface area contributed by atoms with Crippen LogP contribution in [0.4, 0.5) is 15.8 Å². The number of benzene rings is 2. The molecule has 2 aromatic rings. The highest BCUT2D eigenvalue weighted by Crippen LogP contribution is 2.30. The number of halogens is 3. The number of nitrogens with one attached hydrogen (secondary N) is 2. The van der Waals surface area contributed by atoms with E-state index in [1.54, 1.807) is 19.1 Å². The van der Waals surface area contributed by atoms with Crippen molar-refractivity contribution in [3.05, 3.63) is 57.3 Å². The molecule has 0 aromatic heterocycles. The zero-order chi connectivity index (χ0) is 20.7. The van der Waals surface area contributed by atoms with E-state index in [2.05, 4.69) is 26.6 Å². The SMILES string of the molecule is Cc1c(NC(=O)COC(=O)CCC(=O)Nc2ccc(F)cc2)ccc(Br)c1Cl. The van der Waals surface area contributed by atoms with Crippen LogP contribution < -0.4 is 10.6 Å². The van der Waals surface area contributed by atoms with Crippen LogP contribution in [0.25, 0.3) is 0 Å². The van der Waals surface area contributed by atoms with Gasteiger partial charge in [0.15, 0.2) is 6.61 Å². The monoisotopic (exact) mass is 470 g/mol. The molecule has 0 radical (unpaired) electrons.